The number of amides is 1. The number of carbonyl (C=O) groups is 1. The van der Waals surface area contributed by atoms with Gasteiger partial charge in [-0.2, -0.15) is 0 Å². The molecule has 5 heteroatoms. The molecule has 122 valence electrons. The lowest BCUT2D eigenvalue weighted by Crippen LogP contribution is -2.32. The largest absolute Gasteiger partial charge is 0.385 e. The third-order valence-electron chi connectivity index (χ3n) is 3.67. The standard InChI is InChI=1S/C18H23N3O2/c1-18(23,15-9-5-4-6-10-15)12-16(22)20-13-14-8-7-11-19-17(14)21(2)3/h4-11,23H,12-13H2,1-3H3,(H,20,22). The Labute approximate surface area is 137 Å². The van der Waals surface area contributed by atoms with Crippen molar-refractivity contribution in [2.45, 2.75) is 25.5 Å². The number of nitrogens with one attached hydrogen (secondary N) is 1. The van der Waals surface area contributed by atoms with Gasteiger partial charge in [0.25, 0.3) is 0 Å². The summed E-state index contributed by atoms with van der Waals surface area (Å²) in [4.78, 5) is 18.4. The number of hydrogen-bond acceptors (Lipinski definition) is 4. The van der Waals surface area contributed by atoms with Gasteiger partial charge in [0, 0.05) is 32.4 Å². The van der Waals surface area contributed by atoms with Crippen LogP contribution in [0.15, 0.2) is 48.7 Å². The van der Waals surface area contributed by atoms with Gasteiger partial charge in [-0.1, -0.05) is 36.4 Å². The minimum absolute atomic E-state index is 0.00851. The molecule has 1 heterocycles. The van der Waals surface area contributed by atoms with Crippen LogP contribution in [0.5, 0.6) is 0 Å². The first-order chi connectivity index (χ1) is 10.9. The van der Waals surface area contributed by atoms with E-state index >= 15 is 0 Å². The fourth-order valence-electron chi connectivity index (χ4n) is 2.44. The second-order valence-corrected chi connectivity index (χ2v) is 5.97. The highest BCUT2D eigenvalue weighted by atomic mass is 16.3. The summed E-state index contributed by atoms with van der Waals surface area (Å²) in [5.74, 6) is 0.620. The summed E-state index contributed by atoms with van der Waals surface area (Å²) >= 11 is 0. The normalized spacial score (nSPS) is 13.2. The summed E-state index contributed by atoms with van der Waals surface area (Å²) < 4.78 is 0. The molecule has 1 aromatic carbocycles. The van der Waals surface area contributed by atoms with E-state index in [1.807, 2.05) is 61.5 Å². The van der Waals surface area contributed by atoms with Crippen molar-refractivity contribution in [2.75, 3.05) is 19.0 Å². The molecule has 0 aliphatic carbocycles. The van der Waals surface area contributed by atoms with Crippen LogP contribution in [0, 0.1) is 0 Å². The molecule has 5 nitrogen and oxygen atoms in total. The number of benzene rings is 1. The van der Waals surface area contributed by atoms with E-state index in [0.29, 0.717) is 6.54 Å². The molecule has 0 aliphatic heterocycles. The first-order valence-corrected chi connectivity index (χ1v) is 7.56. The molecule has 2 rings (SSSR count). The molecular weight excluding hydrogens is 290 g/mol. The number of aromatic nitrogens is 1. The van der Waals surface area contributed by atoms with Crippen molar-refractivity contribution < 1.29 is 9.90 Å². The van der Waals surface area contributed by atoms with Gasteiger partial charge in [-0.25, -0.2) is 4.98 Å². The van der Waals surface area contributed by atoms with Crippen molar-refractivity contribution in [1.82, 2.24) is 10.3 Å². The smallest absolute Gasteiger partial charge is 0.223 e. The first-order valence-electron chi connectivity index (χ1n) is 7.56. The van der Waals surface area contributed by atoms with Crippen LogP contribution in [0.1, 0.15) is 24.5 Å². The highest BCUT2D eigenvalue weighted by Crippen LogP contribution is 2.24. The molecule has 0 fully saturated rings. The topological polar surface area (TPSA) is 65.5 Å². The average Bonchev–Trinajstić information content (AvgIpc) is 2.53. The Balaban J connectivity index is 1.98. The Hall–Kier alpha value is -2.40. The predicted molar refractivity (Wildman–Crippen MR) is 91.0 cm³/mol. The van der Waals surface area contributed by atoms with Gasteiger partial charge in [-0.3, -0.25) is 4.79 Å². The number of aliphatic hydroxyl groups is 1. The second-order valence-electron chi connectivity index (χ2n) is 5.97. The van der Waals surface area contributed by atoms with Crippen LogP contribution in [0.2, 0.25) is 0 Å². The minimum Gasteiger partial charge on any atom is -0.385 e. The number of anilines is 1. The summed E-state index contributed by atoms with van der Waals surface area (Å²) in [5, 5.41) is 13.4. The number of nitrogens with zero attached hydrogens (tertiary/aromatic N) is 2. The first kappa shape index (κ1) is 17.0. The Morgan fingerprint density at radius 1 is 1.22 bits per heavy atom. The highest BCUT2D eigenvalue weighted by molar-refractivity contribution is 5.77. The summed E-state index contributed by atoms with van der Waals surface area (Å²) in [7, 11) is 3.82. The lowest BCUT2D eigenvalue weighted by Gasteiger charge is -2.23. The zero-order chi connectivity index (χ0) is 16.9. The molecule has 1 atom stereocenters. The Bertz CT molecular complexity index is 654. The van der Waals surface area contributed by atoms with E-state index in [1.54, 1.807) is 13.1 Å². The lowest BCUT2D eigenvalue weighted by molar-refractivity contribution is -0.126. The number of pyridine rings is 1. The summed E-state index contributed by atoms with van der Waals surface area (Å²) in [5.41, 5.74) is 0.473. The molecule has 0 saturated carbocycles. The minimum atomic E-state index is -1.19. The van der Waals surface area contributed by atoms with Crippen molar-refractivity contribution in [2.24, 2.45) is 0 Å². The van der Waals surface area contributed by atoms with E-state index in [9.17, 15) is 9.90 Å². The number of rotatable bonds is 6. The maximum absolute atomic E-state index is 12.2. The summed E-state index contributed by atoms with van der Waals surface area (Å²) in [6, 6.07) is 13.0. The van der Waals surface area contributed by atoms with Crippen molar-refractivity contribution >= 4 is 11.7 Å². The maximum atomic E-state index is 12.2. The molecule has 0 bridgehead atoms. The van der Waals surface area contributed by atoms with Crippen molar-refractivity contribution in [3.8, 4) is 0 Å². The van der Waals surface area contributed by atoms with Crippen molar-refractivity contribution in [3.05, 3.63) is 59.8 Å². The van der Waals surface area contributed by atoms with Gasteiger partial charge in [-0.15, -0.1) is 0 Å². The van der Waals surface area contributed by atoms with Gasteiger partial charge >= 0.3 is 0 Å². The van der Waals surface area contributed by atoms with Crippen LogP contribution in [0.4, 0.5) is 5.82 Å². The average molecular weight is 313 g/mol. The monoisotopic (exact) mass is 313 g/mol. The molecule has 2 N–H and O–H groups in total. The molecular formula is C18H23N3O2. The van der Waals surface area contributed by atoms with Crippen molar-refractivity contribution in [1.29, 1.82) is 0 Å². The quantitative estimate of drug-likeness (QED) is 0.857. The lowest BCUT2D eigenvalue weighted by atomic mass is 9.92. The molecule has 0 radical (unpaired) electrons. The molecule has 0 aliphatic rings. The van der Waals surface area contributed by atoms with Crippen LogP contribution in [0.25, 0.3) is 0 Å². The zero-order valence-corrected chi connectivity index (χ0v) is 13.8. The van der Waals surface area contributed by atoms with Gasteiger partial charge in [0.15, 0.2) is 0 Å². The molecule has 0 spiro atoms. The molecule has 1 unspecified atom stereocenters. The van der Waals surface area contributed by atoms with Gasteiger partial charge < -0.3 is 15.3 Å². The van der Waals surface area contributed by atoms with E-state index < -0.39 is 5.60 Å². The zero-order valence-electron chi connectivity index (χ0n) is 13.8. The van der Waals surface area contributed by atoms with E-state index in [1.165, 1.54) is 0 Å². The van der Waals surface area contributed by atoms with Gasteiger partial charge in [-0.05, 0) is 18.6 Å². The fraction of sp³-hybridized carbons (Fsp3) is 0.333. The Kier molecular flexibility index (Phi) is 5.34. The van der Waals surface area contributed by atoms with Crippen LogP contribution in [-0.4, -0.2) is 30.1 Å². The van der Waals surface area contributed by atoms with Crippen LogP contribution < -0.4 is 10.2 Å². The van der Waals surface area contributed by atoms with Crippen LogP contribution in [0.3, 0.4) is 0 Å². The molecule has 1 aromatic heterocycles. The Morgan fingerprint density at radius 2 is 1.91 bits per heavy atom. The molecule has 1 amide bonds. The van der Waals surface area contributed by atoms with Crippen molar-refractivity contribution in [3.63, 3.8) is 0 Å². The summed E-state index contributed by atoms with van der Waals surface area (Å²) in [6.45, 7) is 2.03. The summed E-state index contributed by atoms with van der Waals surface area (Å²) in [6.07, 6.45) is 1.73. The third kappa shape index (κ3) is 4.53. The molecule has 2 aromatic rings. The molecule has 0 saturated heterocycles. The maximum Gasteiger partial charge on any atom is 0.223 e. The van der Waals surface area contributed by atoms with Gasteiger partial charge in [0.2, 0.25) is 5.91 Å². The highest BCUT2D eigenvalue weighted by Gasteiger charge is 2.26. The second kappa shape index (κ2) is 7.24. The van der Waals surface area contributed by atoms with E-state index in [-0.39, 0.29) is 12.3 Å². The van der Waals surface area contributed by atoms with E-state index in [2.05, 4.69) is 10.3 Å². The van der Waals surface area contributed by atoms with Gasteiger partial charge in [0.1, 0.15) is 5.82 Å². The van der Waals surface area contributed by atoms with Crippen LogP contribution >= 0.6 is 0 Å². The van der Waals surface area contributed by atoms with Crippen LogP contribution in [-0.2, 0) is 16.9 Å². The van der Waals surface area contributed by atoms with E-state index in [0.717, 1.165) is 16.9 Å². The molecule has 23 heavy (non-hydrogen) atoms. The number of carbonyl (C=O) groups excluding carboxylic acids is 1. The SMILES string of the molecule is CN(C)c1ncccc1CNC(=O)CC(C)(O)c1ccccc1. The third-order valence-corrected chi connectivity index (χ3v) is 3.67. The van der Waals surface area contributed by atoms with E-state index in [4.69, 9.17) is 0 Å². The Morgan fingerprint density at radius 3 is 2.57 bits per heavy atom. The predicted octanol–water partition coefficient (Wildman–Crippen LogP) is 2.06. The van der Waals surface area contributed by atoms with Gasteiger partial charge in [0.05, 0.1) is 12.0 Å². The number of hydrogen-bond donors (Lipinski definition) is 2. The fourth-order valence-corrected chi connectivity index (χ4v) is 2.44.